The quantitative estimate of drug-likeness (QED) is 0.659. The van der Waals surface area contributed by atoms with E-state index in [0.29, 0.717) is 16.4 Å². The van der Waals surface area contributed by atoms with Crippen LogP contribution in [-0.2, 0) is 14.8 Å². The Labute approximate surface area is 168 Å². The number of benzene rings is 2. The van der Waals surface area contributed by atoms with Crippen molar-refractivity contribution in [2.45, 2.75) is 24.8 Å². The first-order valence-electron chi connectivity index (χ1n) is 8.53. The van der Waals surface area contributed by atoms with Gasteiger partial charge in [0, 0.05) is 14.0 Å². The lowest BCUT2D eigenvalue weighted by Crippen LogP contribution is -2.29. The lowest BCUT2D eigenvalue weighted by molar-refractivity contribution is -0.114. The van der Waals surface area contributed by atoms with E-state index in [1.165, 1.54) is 54.9 Å². The van der Waals surface area contributed by atoms with Crippen LogP contribution in [0.1, 0.15) is 24.9 Å². The molecule has 1 heterocycles. The second-order valence-corrected chi connectivity index (χ2v) is 9.32. The average Bonchev–Trinajstić information content (AvgIpc) is 3.10. The minimum Gasteiger partial charge on any atom is -0.495 e. The Bertz CT molecular complexity index is 1090. The number of carbonyl (C=O) groups excluding carboxylic acids is 1. The number of carbonyl (C=O) groups is 1. The molecule has 3 aromatic rings. The second kappa shape index (κ2) is 7.86. The van der Waals surface area contributed by atoms with Crippen molar-refractivity contribution in [3.8, 4) is 5.75 Å². The van der Waals surface area contributed by atoms with Gasteiger partial charge in [0.1, 0.15) is 10.8 Å². The summed E-state index contributed by atoms with van der Waals surface area (Å²) in [6.45, 7) is 3.15. The van der Waals surface area contributed by atoms with Crippen molar-refractivity contribution in [1.29, 1.82) is 0 Å². The van der Waals surface area contributed by atoms with Crippen molar-refractivity contribution in [3.05, 3.63) is 47.5 Å². The van der Waals surface area contributed by atoms with Crippen LogP contribution >= 0.6 is 11.3 Å². The molecular formula is C19H21N3O4S2. The molecule has 0 aliphatic rings. The number of nitrogens with zero attached hydrogens (tertiary/aromatic N) is 2. The third-order valence-corrected chi connectivity index (χ3v) is 7.50. The van der Waals surface area contributed by atoms with Crippen LogP contribution in [0.4, 0.5) is 5.69 Å². The molecular weight excluding hydrogens is 398 g/mol. The van der Waals surface area contributed by atoms with Gasteiger partial charge in [0.05, 0.1) is 34.0 Å². The molecule has 3 rings (SSSR count). The van der Waals surface area contributed by atoms with Crippen LogP contribution in [0.25, 0.3) is 10.2 Å². The number of methoxy groups -OCH3 is 1. The van der Waals surface area contributed by atoms with E-state index in [2.05, 4.69) is 10.3 Å². The van der Waals surface area contributed by atoms with E-state index in [1.807, 2.05) is 24.3 Å². The van der Waals surface area contributed by atoms with Gasteiger partial charge in [-0.15, -0.1) is 11.3 Å². The van der Waals surface area contributed by atoms with Crippen LogP contribution in [0.15, 0.2) is 47.4 Å². The Morgan fingerprint density at radius 3 is 2.61 bits per heavy atom. The van der Waals surface area contributed by atoms with Gasteiger partial charge in [-0.3, -0.25) is 4.79 Å². The predicted octanol–water partition coefficient (Wildman–Crippen LogP) is 3.65. The second-order valence-electron chi connectivity index (χ2n) is 6.26. The number of nitrogens with one attached hydrogen (secondary N) is 1. The first kappa shape index (κ1) is 20.2. The number of amides is 1. The first-order valence-corrected chi connectivity index (χ1v) is 10.8. The molecule has 0 fully saturated rings. The molecule has 1 atom stereocenters. The van der Waals surface area contributed by atoms with E-state index in [9.17, 15) is 13.2 Å². The number of hydrogen-bond acceptors (Lipinski definition) is 6. The molecule has 7 nitrogen and oxygen atoms in total. The van der Waals surface area contributed by atoms with Gasteiger partial charge in [-0.1, -0.05) is 12.1 Å². The topological polar surface area (TPSA) is 88.6 Å². The molecule has 0 bridgehead atoms. The van der Waals surface area contributed by atoms with Gasteiger partial charge in [-0.2, -0.15) is 4.31 Å². The van der Waals surface area contributed by atoms with Crippen molar-refractivity contribution >= 4 is 43.2 Å². The van der Waals surface area contributed by atoms with Gasteiger partial charge in [-0.05, 0) is 37.3 Å². The number of hydrogen-bond donors (Lipinski definition) is 1. The Kier molecular flexibility index (Phi) is 5.69. The number of anilines is 1. The number of aromatic nitrogens is 1. The monoisotopic (exact) mass is 419 g/mol. The molecule has 148 valence electrons. The highest BCUT2D eigenvalue weighted by Gasteiger charge is 2.29. The van der Waals surface area contributed by atoms with Crippen LogP contribution in [-0.4, -0.2) is 37.8 Å². The standard InChI is InChI=1S/C19H21N3O4S2/c1-12(19-21-15-7-5-6-8-18(15)27-19)22(3)28(24,25)14-9-10-17(26-4)16(11-14)20-13(2)23/h5-12H,1-4H3,(H,20,23)/t12-/m0/s1. The smallest absolute Gasteiger partial charge is 0.243 e. The van der Waals surface area contributed by atoms with E-state index in [-0.39, 0.29) is 10.8 Å². The Balaban J connectivity index is 1.95. The molecule has 0 spiro atoms. The maximum absolute atomic E-state index is 13.1. The van der Waals surface area contributed by atoms with Crippen LogP contribution in [0.3, 0.4) is 0 Å². The molecule has 0 radical (unpaired) electrons. The highest BCUT2D eigenvalue weighted by molar-refractivity contribution is 7.89. The lowest BCUT2D eigenvalue weighted by Gasteiger charge is -2.23. The minimum absolute atomic E-state index is 0.0625. The molecule has 0 saturated heterocycles. The zero-order valence-electron chi connectivity index (χ0n) is 16.0. The molecule has 0 aliphatic carbocycles. The zero-order chi connectivity index (χ0) is 20.5. The molecule has 1 aromatic heterocycles. The van der Waals surface area contributed by atoms with Crippen molar-refractivity contribution in [2.75, 3.05) is 19.5 Å². The predicted molar refractivity (Wildman–Crippen MR) is 110 cm³/mol. The SMILES string of the molecule is COc1ccc(S(=O)(=O)N(C)[C@@H](C)c2nc3ccccc3s2)cc1NC(C)=O. The number of fused-ring (bicyclic) bond motifs is 1. The summed E-state index contributed by atoms with van der Waals surface area (Å²) in [4.78, 5) is 16.0. The van der Waals surface area contributed by atoms with E-state index >= 15 is 0 Å². The van der Waals surface area contributed by atoms with E-state index in [4.69, 9.17) is 4.74 Å². The fraction of sp³-hybridized carbons (Fsp3) is 0.263. The fourth-order valence-corrected chi connectivity index (χ4v) is 5.22. The van der Waals surface area contributed by atoms with E-state index in [1.54, 1.807) is 6.92 Å². The average molecular weight is 420 g/mol. The summed E-state index contributed by atoms with van der Waals surface area (Å²) in [5.41, 5.74) is 1.15. The van der Waals surface area contributed by atoms with Crippen LogP contribution in [0.5, 0.6) is 5.75 Å². The Morgan fingerprint density at radius 1 is 1.25 bits per heavy atom. The molecule has 1 N–H and O–H groups in total. The summed E-state index contributed by atoms with van der Waals surface area (Å²) in [6, 6.07) is 11.6. The van der Waals surface area contributed by atoms with Crippen LogP contribution < -0.4 is 10.1 Å². The highest BCUT2D eigenvalue weighted by Crippen LogP contribution is 2.34. The van der Waals surface area contributed by atoms with Crippen LogP contribution in [0.2, 0.25) is 0 Å². The Hall–Kier alpha value is -2.49. The van der Waals surface area contributed by atoms with Gasteiger partial charge in [-0.25, -0.2) is 13.4 Å². The molecule has 0 saturated carbocycles. The molecule has 0 aliphatic heterocycles. The van der Waals surface area contributed by atoms with Crippen molar-refractivity contribution < 1.29 is 17.9 Å². The molecule has 2 aromatic carbocycles. The van der Waals surface area contributed by atoms with Gasteiger partial charge < -0.3 is 10.1 Å². The molecule has 9 heteroatoms. The summed E-state index contributed by atoms with van der Waals surface area (Å²) in [6.07, 6.45) is 0. The third-order valence-electron chi connectivity index (χ3n) is 4.37. The summed E-state index contributed by atoms with van der Waals surface area (Å²) >= 11 is 1.47. The van der Waals surface area contributed by atoms with E-state index in [0.717, 1.165) is 10.2 Å². The van der Waals surface area contributed by atoms with Gasteiger partial charge in [0.15, 0.2) is 0 Å². The van der Waals surface area contributed by atoms with E-state index < -0.39 is 16.1 Å². The normalized spacial score (nSPS) is 12.9. The van der Waals surface area contributed by atoms with Gasteiger partial charge >= 0.3 is 0 Å². The number of thiazole rings is 1. The van der Waals surface area contributed by atoms with Crippen LogP contribution in [0, 0.1) is 0 Å². The van der Waals surface area contributed by atoms with Crippen molar-refractivity contribution in [1.82, 2.24) is 9.29 Å². The maximum atomic E-state index is 13.1. The highest BCUT2D eigenvalue weighted by atomic mass is 32.2. The summed E-state index contributed by atoms with van der Waals surface area (Å²) < 4.78 is 33.8. The van der Waals surface area contributed by atoms with Gasteiger partial charge in [0.25, 0.3) is 0 Å². The fourth-order valence-electron chi connectivity index (χ4n) is 2.73. The number of para-hydroxylation sites is 1. The van der Waals surface area contributed by atoms with Gasteiger partial charge in [0.2, 0.25) is 15.9 Å². The number of sulfonamides is 1. The van der Waals surface area contributed by atoms with Crippen molar-refractivity contribution in [2.24, 2.45) is 0 Å². The zero-order valence-corrected chi connectivity index (χ0v) is 17.6. The number of ether oxygens (including phenoxy) is 1. The first-order chi connectivity index (χ1) is 13.2. The third kappa shape index (κ3) is 3.87. The summed E-state index contributed by atoms with van der Waals surface area (Å²) in [5.74, 6) is 0.0695. The van der Waals surface area contributed by atoms with Crippen molar-refractivity contribution in [3.63, 3.8) is 0 Å². The lowest BCUT2D eigenvalue weighted by atomic mass is 10.3. The molecule has 28 heavy (non-hydrogen) atoms. The largest absolute Gasteiger partial charge is 0.495 e. The Morgan fingerprint density at radius 2 is 1.96 bits per heavy atom. The molecule has 0 unspecified atom stereocenters. The molecule has 1 amide bonds. The summed E-state index contributed by atoms with van der Waals surface area (Å²) in [7, 11) is -0.837. The maximum Gasteiger partial charge on any atom is 0.243 e. The number of rotatable bonds is 6. The summed E-state index contributed by atoms with van der Waals surface area (Å²) in [5, 5.41) is 3.31. The minimum atomic E-state index is -3.81.